The number of thioether (sulfide) groups is 1. The van der Waals surface area contributed by atoms with E-state index in [0.29, 0.717) is 5.92 Å². The molecule has 0 aliphatic heterocycles. The standard InChI is InChI=1S/C10H19NS/c1-4-7-12-10(8-11)9(5-2)6-3/h9-10H,4-7H2,1-3H3. The van der Waals surface area contributed by atoms with Gasteiger partial charge in [0.25, 0.3) is 0 Å². The van der Waals surface area contributed by atoms with Gasteiger partial charge in [0.1, 0.15) is 0 Å². The molecule has 0 heterocycles. The van der Waals surface area contributed by atoms with Crippen LogP contribution in [0.4, 0.5) is 0 Å². The summed E-state index contributed by atoms with van der Waals surface area (Å²) in [7, 11) is 0. The lowest BCUT2D eigenvalue weighted by Gasteiger charge is -2.17. The minimum Gasteiger partial charge on any atom is -0.197 e. The molecule has 0 amide bonds. The van der Waals surface area contributed by atoms with Crippen LogP contribution in [0.25, 0.3) is 0 Å². The summed E-state index contributed by atoms with van der Waals surface area (Å²) in [6.45, 7) is 6.50. The van der Waals surface area contributed by atoms with E-state index >= 15 is 0 Å². The molecule has 0 aliphatic carbocycles. The third-order valence-electron chi connectivity index (χ3n) is 2.11. The second-order valence-corrected chi connectivity index (χ2v) is 4.25. The van der Waals surface area contributed by atoms with Crippen molar-refractivity contribution in [1.29, 1.82) is 5.26 Å². The van der Waals surface area contributed by atoms with Crippen LogP contribution < -0.4 is 0 Å². The van der Waals surface area contributed by atoms with Crippen LogP contribution in [0.15, 0.2) is 0 Å². The SMILES string of the molecule is CCCSC(C#N)C(CC)CC. The quantitative estimate of drug-likeness (QED) is 0.632. The number of rotatable bonds is 6. The number of nitriles is 1. The minimum absolute atomic E-state index is 0.222. The van der Waals surface area contributed by atoms with Crippen LogP contribution in [-0.2, 0) is 0 Å². The zero-order valence-electron chi connectivity index (χ0n) is 8.34. The Labute approximate surface area is 80.5 Å². The van der Waals surface area contributed by atoms with Crippen molar-refractivity contribution in [2.24, 2.45) is 5.92 Å². The van der Waals surface area contributed by atoms with Gasteiger partial charge >= 0.3 is 0 Å². The molecule has 0 aromatic rings. The fourth-order valence-corrected chi connectivity index (χ4v) is 2.46. The summed E-state index contributed by atoms with van der Waals surface area (Å²) >= 11 is 1.82. The molecule has 0 N–H and O–H groups in total. The maximum atomic E-state index is 8.91. The average Bonchev–Trinajstić information content (AvgIpc) is 2.12. The molecule has 0 fully saturated rings. The third-order valence-corrected chi connectivity index (χ3v) is 3.60. The van der Waals surface area contributed by atoms with Crippen LogP contribution in [-0.4, -0.2) is 11.0 Å². The van der Waals surface area contributed by atoms with Crippen molar-refractivity contribution in [3.05, 3.63) is 0 Å². The maximum absolute atomic E-state index is 8.91. The molecule has 0 radical (unpaired) electrons. The Bertz CT molecular complexity index is 135. The highest BCUT2D eigenvalue weighted by atomic mass is 32.2. The lowest BCUT2D eigenvalue weighted by molar-refractivity contribution is 0.514. The Morgan fingerprint density at radius 3 is 2.17 bits per heavy atom. The second-order valence-electron chi connectivity index (χ2n) is 3.00. The van der Waals surface area contributed by atoms with Crippen LogP contribution in [0.2, 0.25) is 0 Å². The topological polar surface area (TPSA) is 23.8 Å². The van der Waals surface area contributed by atoms with E-state index < -0.39 is 0 Å². The number of hydrogen-bond acceptors (Lipinski definition) is 2. The first-order valence-electron chi connectivity index (χ1n) is 4.81. The fourth-order valence-electron chi connectivity index (χ4n) is 1.24. The highest BCUT2D eigenvalue weighted by Crippen LogP contribution is 2.24. The molecule has 12 heavy (non-hydrogen) atoms. The highest BCUT2D eigenvalue weighted by molar-refractivity contribution is 8.00. The van der Waals surface area contributed by atoms with Gasteiger partial charge in [-0.3, -0.25) is 0 Å². The first-order valence-corrected chi connectivity index (χ1v) is 5.86. The number of nitrogens with zero attached hydrogens (tertiary/aromatic N) is 1. The summed E-state index contributed by atoms with van der Waals surface area (Å²) in [5, 5.41) is 9.14. The predicted molar refractivity (Wildman–Crippen MR) is 56.2 cm³/mol. The van der Waals surface area contributed by atoms with Gasteiger partial charge in [-0.25, -0.2) is 0 Å². The zero-order chi connectivity index (χ0) is 9.40. The predicted octanol–water partition coefficient (Wildman–Crippen LogP) is 3.46. The van der Waals surface area contributed by atoms with Crippen LogP contribution >= 0.6 is 11.8 Å². The van der Waals surface area contributed by atoms with Crippen molar-refractivity contribution in [3.63, 3.8) is 0 Å². The smallest absolute Gasteiger partial charge is 0.0944 e. The summed E-state index contributed by atoms with van der Waals surface area (Å²) in [6, 6.07) is 2.40. The van der Waals surface area contributed by atoms with E-state index in [0.717, 1.165) is 18.6 Å². The van der Waals surface area contributed by atoms with Crippen molar-refractivity contribution < 1.29 is 0 Å². The van der Waals surface area contributed by atoms with Crippen LogP contribution in [0.5, 0.6) is 0 Å². The molecule has 2 heteroatoms. The lowest BCUT2D eigenvalue weighted by Crippen LogP contribution is -2.14. The van der Waals surface area contributed by atoms with Crippen molar-refractivity contribution in [2.45, 2.75) is 45.3 Å². The first kappa shape index (κ1) is 11.8. The molecule has 1 atom stereocenters. The maximum Gasteiger partial charge on any atom is 0.0944 e. The van der Waals surface area contributed by atoms with E-state index in [2.05, 4.69) is 26.8 Å². The molecule has 1 nitrogen and oxygen atoms in total. The van der Waals surface area contributed by atoms with E-state index in [1.165, 1.54) is 6.42 Å². The Hall–Kier alpha value is -0.160. The second kappa shape index (κ2) is 7.49. The highest BCUT2D eigenvalue weighted by Gasteiger charge is 2.17. The van der Waals surface area contributed by atoms with Crippen molar-refractivity contribution in [1.82, 2.24) is 0 Å². The molecular weight excluding hydrogens is 166 g/mol. The van der Waals surface area contributed by atoms with E-state index in [1.807, 2.05) is 11.8 Å². The third kappa shape index (κ3) is 4.01. The van der Waals surface area contributed by atoms with Crippen LogP contribution in [0, 0.1) is 17.2 Å². The van der Waals surface area contributed by atoms with Gasteiger partial charge in [-0.2, -0.15) is 5.26 Å². The molecule has 1 unspecified atom stereocenters. The monoisotopic (exact) mass is 185 g/mol. The molecule has 70 valence electrons. The van der Waals surface area contributed by atoms with Gasteiger partial charge in [-0.1, -0.05) is 33.6 Å². The molecule has 0 saturated heterocycles. The van der Waals surface area contributed by atoms with E-state index in [1.54, 1.807) is 0 Å². The Balaban J connectivity index is 3.86. The van der Waals surface area contributed by atoms with Gasteiger partial charge in [-0.15, -0.1) is 11.8 Å². The van der Waals surface area contributed by atoms with Gasteiger partial charge in [0.2, 0.25) is 0 Å². The summed E-state index contributed by atoms with van der Waals surface area (Å²) in [4.78, 5) is 0. The van der Waals surface area contributed by atoms with Crippen LogP contribution in [0.3, 0.4) is 0 Å². The summed E-state index contributed by atoms with van der Waals surface area (Å²) < 4.78 is 0. The van der Waals surface area contributed by atoms with Gasteiger partial charge in [-0.05, 0) is 18.1 Å². The fraction of sp³-hybridized carbons (Fsp3) is 0.900. The molecule has 0 aromatic carbocycles. The molecule has 0 aliphatic rings. The Morgan fingerprint density at radius 2 is 1.83 bits per heavy atom. The van der Waals surface area contributed by atoms with Crippen molar-refractivity contribution in [3.8, 4) is 6.07 Å². The van der Waals surface area contributed by atoms with Crippen LogP contribution in [0.1, 0.15) is 40.0 Å². The Kier molecular flexibility index (Phi) is 7.39. The normalized spacial score (nSPS) is 12.9. The summed E-state index contributed by atoms with van der Waals surface area (Å²) in [6.07, 6.45) is 3.43. The van der Waals surface area contributed by atoms with E-state index in [4.69, 9.17) is 5.26 Å². The molecule has 0 bridgehead atoms. The van der Waals surface area contributed by atoms with Gasteiger partial charge in [0, 0.05) is 0 Å². The van der Waals surface area contributed by atoms with E-state index in [-0.39, 0.29) is 5.25 Å². The Morgan fingerprint density at radius 1 is 1.25 bits per heavy atom. The number of hydrogen-bond donors (Lipinski definition) is 0. The molecular formula is C10H19NS. The lowest BCUT2D eigenvalue weighted by atomic mass is 10.0. The summed E-state index contributed by atoms with van der Waals surface area (Å²) in [5.74, 6) is 1.71. The molecule has 0 spiro atoms. The van der Waals surface area contributed by atoms with E-state index in [9.17, 15) is 0 Å². The zero-order valence-corrected chi connectivity index (χ0v) is 9.16. The van der Waals surface area contributed by atoms with Gasteiger partial charge < -0.3 is 0 Å². The molecule has 0 rings (SSSR count). The summed E-state index contributed by atoms with van der Waals surface area (Å²) in [5.41, 5.74) is 0. The van der Waals surface area contributed by atoms with Gasteiger partial charge in [0.15, 0.2) is 0 Å². The molecule has 0 aromatic heterocycles. The van der Waals surface area contributed by atoms with Crippen molar-refractivity contribution >= 4 is 11.8 Å². The molecule has 0 saturated carbocycles. The average molecular weight is 185 g/mol. The minimum atomic E-state index is 0.222. The van der Waals surface area contributed by atoms with Gasteiger partial charge in [0.05, 0.1) is 11.3 Å². The first-order chi connectivity index (χ1) is 5.79. The van der Waals surface area contributed by atoms with Crippen molar-refractivity contribution in [2.75, 3.05) is 5.75 Å². The largest absolute Gasteiger partial charge is 0.197 e.